The zero-order valence-electron chi connectivity index (χ0n) is 7.81. The highest BCUT2D eigenvalue weighted by atomic mass is 16.4. The van der Waals surface area contributed by atoms with E-state index in [2.05, 4.69) is 0 Å². The van der Waals surface area contributed by atoms with Crippen molar-refractivity contribution in [3.05, 3.63) is 0 Å². The number of hydrogen-bond donors (Lipinski definition) is 3. The van der Waals surface area contributed by atoms with Crippen LogP contribution in [0.25, 0.3) is 0 Å². The van der Waals surface area contributed by atoms with Crippen LogP contribution >= 0.6 is 0 Å². The van der Waals surface area contributed by atoms with E-state index in [-0.39, 0.29) is 25.7 Å². The van der Waals surface area contributed by atoms with E-state index in [1.54, 1.807) is 11.8 Å². The average molecular weight is 191 g/mol. The molecule has 0 aliphatic heterocycles. The Morgan fingerprint density at radius 1 is 1.31 bits per heavy atom. The molecule has 3 N–H and O–H groups in total. The number of nitrogens with zero attached hydrogens (tertiary/aromatic N) is 1. The van der Waals surface area contributed by atoms with E-state index in [1.807, 2.05) is 0 Å². The highest BCUT2D eigenvalue weighted by Crippen LogP contribution is 2.02. The molecule has 1 atom stereocenters. The molecular formula is C8H17NO4. The Labute approximate surface area is 77.6 Å². The van der Waals surface area contributed by atoms with Gasteiger partial charge in [-0.15, -0.1) is 0 Å². The Morgan fingerprint density at radius 2 is 1.77 bits per heavy atom. The zero-order valence-corrected chi connectivity index (χ0v) is 7.81. The molecule has 0 amide bonds. The van der Waals surface area contributed by atoms with Gasteiger partial charge in [-0.1, -0.05) is 0 Å². The Balaban J connectivity index is 3.93. The Kier molecular flexibility index (Phi) is 6.48. The molecule has 0 aromatic heterocycles. The van der Waals surface area contributed by atoms with Gasteiger partial charge in [-0.2, -0.15) is 0 Å². The molecule has 5 nitrogen and oxygen atoms in total. The molecule has 0 bridgehead atoms. The van der Waals surface area contributed by atoms with Gasteiger partial charge in [0.05, 0.1) is 19.6 Å². The molecule has 78 valence electrons. The molecule has 0 aliphatic carbocycles. The molecule has 13 heavy (non-hydrogen) atoms. The van der Waals surface area contributed by atoms with E-state index < -0.39 is 5.97 Å². The Hall–Kier alpha value is -0.650. The van der Waals surface area contributed by atoms with Gasteiger partial charge in [-0.3, -0.25) is 9.69 Å². The molecule has 1 unspecified atom stereocenters. The molecule has 0 fully saturated rings. The SMILES string of the molecule is CC(CC(=O)O)N(CCO)CCO. The van der Waals surface area contributed by atoms with Gasteiger partial charge in [-0.05, 0) is 6.92 Å². The first-order valence-electron chi connectivity index (χ1n) is 4.29. The van der Waals surface area contributed by atoms with E-state index in [4.69, 9.17) is 15.3 Å². The average Bonchev–Trinajstić information content (AvgIpc) is 2.02. The third-order valence-corrected chi connectivity index (χ3v) is 1.87. The maximum atomic E-state index is 10.4. The number of carboxylic acids is 1. The quantitative estimate of drug-likeness (QED) is 0.487. The van der Waals surface area contributed by atoms with Crippen molar-refractivity contribution in [3.8, 4) is 0 Å². The maximum Gasteiger partial charge on any atom is 0.304 e. The fraction of sp³-hybridized carbons (Fsp3) is 0.875. The Morgan fingerprint density at radius 3 is 2.08 bits per heavy atom. The second kappa shape index (κ2) is 6.82. The van der Waals surface area contributed by atoms with Crippen molar-refractivity contribution >= 4 is 5.97 Å². The fourth-order valence-electron chi connectivity index (χ4n) is 1.19. The first-order valence-corrected chi connectivity index (χ1v) is 4.29. The van der Waals surface area contributed by atoms with E-state index in [9.17, 15) is 4.79 Å². The van der Waals surface area contributed by atoms with Crippen LogP contribution in [0.4, 0.5) is 0 Å². The predicted molar refractivity (Wildman–Crippen MR) is 47.5 cm³/mol. The normalized spacial score (nSPS) is 13.2. The molecule has 0 aromatic rings. The summed E-state index contributed by atoms with van der Waals surface area (Å²) in [4.78, 5) is 12.1. The minimum absolute atomic E-state index is 0.0239. The lowest BCUT2D eigenvalue weighted by Gasteiger charge is -2.26. The van der Waals surface area contributed by atoms with Crippen LogP contribution in [-0.4, -0.2) is 58.5 Å². The highest BCUT2D eigenvalue weighted by Gasteiger charge is 2.15. The third-order valence-electron chi connectivity index (χ3n) is 1.87. The Bertz CT molecular complexity index is 145. The maximum absolute atomic E-state index is 10.4. The van der Waals surface area contributed by atoms with Crippen LogP contribution in [0.3, 0.4) is 0 Å². The minimum atomic E-state index is -0.867. The van der Waals surface area contributed by atoms with Gasteiger partial charge in [0.1, 0.15) is 0 Å². The molecule has 0 spiro atoms. The molecule has 0 radical (unpaired) electrons. The number of aliphatic carboxylic acids is 1. The van der Waals surface area contributed by atoms with Gasteiger partial charge >= 0.3 is 5.97 Å². The standard InChI is InChI=1S/C8H17NO4/c1-7(6-8(12)13)9(2-4-10)3-5-11/h7,10-11H,2-6H2,1H3,(H,12,13). The summed E-state index contributed by atoms with van der Waals surface area (Å²) in [6.07, 6.45) is 0.0278. The summed E-state index contributed by atoms with van der Waals surface area (Å²) in [6.45, 7) is 2.51. The van der Waals surface area contributed by atoms with Crippen LogP contribution in [0.15, 0.2) is 0 Å². The van der Waals surface area contributed by atoms with Crippen LogP contribution in [-0.2, 0) is 4.79 Å². The number of carbonyl (C=O) groups is 1. The molecule has 0 aromatic carbocycles. The van der Waals surface area contributed by atoms with Gasteiger partial charge in [0, 0.05) is 19.1 Å². The van der Waals surface area contributed by atoms with Crippen molar-refractivity contribution in [1.82, 2.24) is 4.90 Å². The third kappa shape index (κ3) is 5.57. The second-order valence-corrected chi connectivity index (χ2v) is 2.93. The smallest absolute Gasteiger partial charge is 0.304 e. The van der Waals surface area contributed by atoms with Gasteiger partial charge in [-0.25, -0.2) is 0 Å². The summed E-state index contributed by atoms with van der Waals surface area (Å²) in [7, 11) is 0. The number of aliphatic hydroxyl groups excluding tert-OH is 2. The minimum Gasteiger partial charge on any atom is -0.481 e. The largest absolute Gasteiger partial charge is 0.481 e. The second-order valence-electron chi connectivity index (χ2n) is 2.93. The number of rotatable bonds is 7. The molecule has 0 heterocycles. The first-order chi connectivity index (χ1) is 6.11. The lowest BCUT2D eigenvalue weighted by Crippen LogP contribution is -2.38. The molecule has 0 saturated heterocycles. The van der Waals surface area contributed by atoms with E-state index in [0.717, 1.165) is 0 Å². The summed E-state index contributed by atoms with van der Waals surface area (Å²) < 4.78 is 0. The summed E-state index contributed by atoms with van der Waals surface area (Å²) >= 11 is 0. The molecule has 0 aliphatic rings. The van der Waals surface area contributed by atoms with Crippen LogP contribution in [0.1, 0.15) is 13.3 Å². The fourth-order valence-corrected chi connectivity index (χ4v) is 1.19. The van der Waals surface area contributed by atoms with Gasteiger partial charge in [0.2, 0.25) is 0 Å². The van der Waals surface area contributed by atoms with Crippen LogP contribution in [0, 0.1) is 0 Å². The van der Waals surface area contributed by atoms with Crippen LogP contribution < -0.4 is 0 Å². The number of aliphatic hydroxyl groups is 2. The van der Waals surface area contributed by atoms with Gasteiger partial charge < -0.3 is 15.3 Å². The van der Waals surface area contributed by atoms with E-state index >= 15 is 0 Å². The van der Waals surface area contributed by atoms with Crippen molar-refractivity contribution in [2.45, 2.75) is 19.4 Å². The van der Waals surface area contributed by atoms with Crippen molar-refractivity contribution in [2.75, 3.05) is 26.3 Å². The highest BCUT2D eigenvalue weighted by molar-refractivity contribution is 5.67. The summed E-state index contributed by atoms with van der Waals surface area (Å²) in [5, 5.41) is 25.9. The van der Waals surface area contributed by atoms with E-state index in [0.29, 0.717) is 13.1 Å². The van der Waals surface area contributed by atoms with Crippen molar-refractivity contribution < 1.29 is 20.1 Å². The van der Waals surface area contributed by atoms with Gasteiger partial charge in [0.25, 0.3) is 0 Å². The summed E-state index contributed by atoms with van der Waals surface area (Å²) in [5.74, 6) is -0.867. The van der Waals surface area contributed by atoms with Crippen molar-refractivity contribution in [1.29, 1.82) is 0 Å². The van der Waals surface area contributed by atoms with Crippen LogP contribution in [0.2, 0.25) is 0 Å². The molecule has 0 saturated carbocycles. The molecule has 5 heteroatoms. The number of carboxylic acid groups (broad SMARTS) is 1. The zero-order chi connectivity index (χ0) is 10.3. The summed E-state index contributed by atoms with van der Waals surface area (Å²) in [5.41, 5.74) is 0. The van der Waals surface area contributed by atoms with Crippen molar-refractivity contribution in [2.24, 2.45) is 0 Å². The first kappa shape index (κ1) is 12.3. The van der Waals surface area contributed by atoms with Gasteiger partial charge in [0.15, 0.2) is 0 Å². The topological polar surface area (TPSA) is 81.0 Å². The lowest BCUT2D eigenvalue weighted by atomic mass is 10.2. The monoisotopic (exact) mass is 191 g/mol. The lowest BCUT2D eigenvalue weighted by molar-refractivity contribution is -0.138. The summed E-state index contributed by atoms with van der Waals surface area (Å²) in [6, 6.07) is -0.156. The molecule has 0 rings (SSSR count). The number of hydrogen-bond acceptors (Lipinski definition) is 4. The van der Waals surface area contributed by atoms with E-state index in [1.165, 1.54) is 0 Å². The van der Waals surface area contributed by atoms with Crippen molar-refractivity contribution in [3.63, 3.8) is 0 Å². The van der Waals surface area contributed by atoms with Crippen LogP contribution in [0.5, 0.6) is 0 Å². The predicted octanol–water partition coefficient (Wildman–Crippen LogP) is -0.864. The molecular weight excluding hydrogens is 174 g/mol.